The van der Waals surface area contributed by atoms with Gasteiger partial charge < -0.3 is 13.1 Å². The molecule has 0 spiro atoms. The van der Waals surface area contributed by atoms with Gasteiger partial charge in [0.15, 0.2) is 0 Å². The summed E-state index contributed by atoms with van der Waals surface area (Å²) < 4.78 is 0. The fourth-order valence-electron chi connectivity index (χ4n) is 0.552. The molecule has 99 valence electrons. The summed E-state index contributed by atoms with van der Waals surface area (Å²) in [5.74, 6) is -1.74. The zero-order valence-electron chi connectivity index (χ0n) is 10.8. The van der Waals surface area contributed by atoms with Crippen molar-refractivity contribution in [3.63, 3.8) is 0 Å². The molecule has 0 saturated heterocycles. The number of carboxylic acids is 2. The van der Waals surface area contributed by atoms with Crippen molar-refractivity contribution in [2.45, 2.75) is 25.7 Å². The van der Waals surface area contributed by atoms with Crippen LogP contribution in [0.2, 0.25) is 0 Å². The zero-order valence-corrected chi connectivity index (χ0v) is 26.7. The molecule has 0 aliphatic carbocycles. The molecule has 0 aliphatic rings. The third-order valence-electron chi connectivity index (χ3n) is 1.03. The van der Waals surface area contributed by atoms with E-state index in [9.17, 15) is 9.59 Å². The molecule has 4 nitrogen and oxygen atoms in total. The molecule has 10 heteroatoms. The predicted octanol–water partition coefficient (Wildman–Crippen LogP) is -0.699. The third kappa shape index (κ3) is 43.1. The molecule has 5 radical (unpaired) electrons. The van der Waals surface area contributed by atoms with Gasteiger partial charge in [0, 0.05) is 47.3 Å². The van der Waals surface area contributed by atoms with E-state index in [4.69, 9.17) is 10.2 Å². The van der Waals surface area contributed by atoms with E-state index >= 15 is 0 Å². The molecule has 0 aliphatic heterocycles. The molecule has 0 atom stereocenters. The number of hydrogen-bond donors (Lipinski definition) is 2. The number of carboxylic acid groups (broad SMARTS) is 2. The van der Waals surface area contributed by atoms with Gasteiger partial charge in [0.2, 0.25) is 0 Å². The first kappa shape index (κ1) is 42.7. The maximum absolute atomic E-state index is 9.90. The van der Waals surface area contributed by atoms with Gasteiger partial charge in [-0.15, -0.1) is 17.0 Å². The summed E-state index contributed by atoms with van der Waals surface area (Å²) in [5.41, 5.74) is 0. The van der Waals surface area contributed by atoms with Crippen molar-refractivity contribution in [3.05, 3.63) is 0 Å². The Labute approximate surface area is 207 Å². The summed E-state index contributed by atoms with van der Waals surface area (Å²) in [5, 5.41) is 16.3. The number of carbonyl (C=O) groups is 2. The summed E-state index contributed by atoms with van der Waals surface area (Å²) in [4.78, 5) is 19.8. The van der Waals surface area contributed by atoms with Gasteiger partial charge in [-0.3, -0.25) is 9.59 Å². The first-order valence-electron chi connectivity index (χ1n) is 3.06. The third-order valence-corrected chi connectivity index (χ3v) is 1.03. The Hall–Kier alpha value is 3.76. The normalized spacial score (nSPS) is 5.75. The minimum absolute atomic E-state index is 0. The number of unbranched alkanes of at least 4 members (excludes halogenated alkanes) is 1. The van der Waals surface area contributed by atoms with Crippen LogP contribution in [0.4, 0.5) is 0 Å². The summed E-state index contributed by atoms with van der Waals surface area (Å²) >= 11 is 0. The molecule has 0 aromatic rings. The minimum atomic E-state index is -0.870. The second-order valence-corrected chi connectivity index (χ2v) is 1.99. The summed E-state index contributed by atoms with van der Waals surface area (Å²) in [6.07, 6.45) is 1.02. The molecule has 16 heavy (non-hydrogen) atoms. The molecule has 0 rings (SSSR count). The van der Waals surface area contributed by atoms with E-state index in [1.54, 1.807) is 0 Å². The van der Waals surface area contributed by atoms with Crippen molar-refractivity contribution in [3.8, 4) is 0 Å². The Morgan fingerprint density at radius 1 is 1.00 bits per heavy atom. The Bertz CT molecular complexity index is 154. The molecule has 0 aromatic carbocycles. The van der Waals surface area contributed by atoms with Gasteiger partial charge >= 0.3 is 112 Å². The first-order valence-corrected chi connectivity index (χ1v) is 3.06. The van der Waals surface area contributed by atoms with E-state index in [-0.39, 0.29) is 167 Å². The molecule has 0 fully saturated rings. The Morgan fingerprint density at radius 3 is 1.31 bits per heavy atom. The van der Waals surface area contributed by atoms with Crippen LogP contribution in [0.1, 0.15) is 28.5 Å². The van der Waals surface area contributed by atoms with Crippen molar-refractivity contribution in [1.82, 2.24) is 0 Å². The fraction of sp³-hybridized carbons (Fsp3) is 0.667. The SMILES string of the molecule is Br.O=C(O)CCCCC(=O)O.[Ba+2].[Cr].[Cu].[H-].[H-].[PbH2].[SnH2]. The van der Waals surface area contributed by atoms with Gasteiger partial charge in [0.25, 0.3) is 0 Å². The van der Waals surface area contributed by atoms with Crippen LogP contribution in [0.3, 0.4) is 0 Å². The van der Waals surface area contributed by atoms with E-state index in [1.807, 2.05) is 0 Å². The van der Waals surface area contributed by atoms with Crippen LogP contribution in [0, 0.1) is 0 Å². The first-order chi connectivity index (χ1) is 4.63. The van der Waals surface area contributed by atoms with Gasteiger partial charge in [-0.25, -0.2) is 0 Å². The standard InChI is InChI=1S/C6H10O4.Ba.BrH.Cr.Cu.Pb.Sn.6H/c7-5(8)3-1-2-4-6(9)10;;;;;;;;;;;;/h1-4H2,(H,7,8)(H,9,10);;1H;;;;;;;;;;/q;+2;;;;;;;;;;2*-1. The van der Waals surface area contributed by atoms with Gasteiger partial charge in [0.1, 0.15) is 0 Å². The molecule has 0 amide bonds. The van der Waals surface area contributed by atoms with Crippen molar-refractivity contribution >= 4 is 129 Å². The summed E-state index contributed by atoms with van der Waals surface area (Å²) in [6, 6.07) is 0. The number of aliphatic carboxylic acids is 2. The zero-order chi connectivity index (χ0) is 7.98. The van der Waals surface area contributed by atoms with Gasteiger partial charge in [-0.05, 0) is 12.8 Å². The van der Waals surface area contributed by atoms with Crippen molar-refractivity contribution < 1.29 is 57.1 Å². The fourth-order valence-corrected chi connectivity index (χ4v) is 0.552. The van der Waals surface area contributed by atoms with Gasteiger partial charge in [-0.2, -0.15) is 0 Å². The van der Waals surface area contributed by atoms with E-state index in [0.29, 0.717) is 12.8 Å². The van der Waals surface area contributed by atoms with Crippen LogP contribution < -0.4 is 0 Å². The molecular formula is C6H17BaBrCrCuO4PbSn. The van der Waals surface area contributed by atoms with Gasteiger partial charge in [0.05, 0.1) is 0 Å². The Kier molecular flexibility index (Phi) is 83.4. The number of halogens is 1. The summed E-state index contributed by atoms with van der Waals surface area (Å²) in [6.45, 7) is 0. The van der Waals surface area contributed by atoms with Crippen LogP contribution in [0.5, 0.6) is 0 Å². The van der Waals surface area contributed by atoms with E-state index in [1.165, 1.54) is 0 Å². The van der Waals surface area contributed by atoms with Crippen LogP contribution in [0.25, 0.3) is 0 Å². The quantitative estimate of drug-likeness (QED) is 0.285. The molecule has 2 N–H and O–H groups in total. The summed E-state index contributed by atoms with van der Waals surface area (Å²) in [7, 11) is 0. The van der Waals surface area contributed by atoms with Gasteiger partial charge in [-0.1, -0.05) is 0 Å². The van der Waals surface area contributed by atoms with E-state index in [0.717, 1.165) is 0 Å². The second kappa shape index (κ2) is 31.3. The maximum atomic E-state index is 9.90. The Morgan fingerprint density at radius 2 is 1.19 bits per heavy atom. The van der Waals surface area contributed by atoms with Crippen LogP contribution in [-0.2, 0) is 44.0 Å². The van der Waals surface area contributed by atoms with E-state index < -0.39 is 11.9 Å². The monoisotopic (exact) mass is 813 g/mol. The van der Waals surface area contributed by atoms with Crippen molar-refractivity contribution in [1.29, 1.82) is 0 Å². The Balaban J connectivity index is -0.0000000145. The average Bonchev–Trinajstić information content (AvgIpc) is 1.79. The second-order valence-electron chi connectivity index (χ2n) is 1.99. The molecule has 0 saturated carbocycles. The predicted molar refractivity (Wildman–Crippen MR) is 69.1 cm³/mol. The molecule has 0 unspecified atom stereocenters. The topological polar surface area (TPSA) is 74.6 Å². The van der Waals surface area contributed by atoms with E-state index in [2.05, 4.69) is 0 Å². The van der Waals surface area contributed by atoms with Crippen LogP contribution in [0.15, 0.2) is 0 Å². The van der Waals surface area contributed by atoms with Crippen molar-refractivity contribution in [2.75, 3.05) is 0 Å². The number of rotatable bonds is 5. The molecule has 0 heterocycles. The van der Waals surface area contributed by atoms with Crippen LogP contribution >= 0.6 is 17.0 Å². The molecule has 0 aromatic heterocycles. The van der Waals surface area contributed by atoms with Crippen molar-refractivity contribution in [2.24, 2.45) is 0 Å². The average molecular weight is 812 g/mol. The molecular weight excluding hydrogens is 795 g/mol. The number of hydrogen-bond acceptors (Lipinski definition) is 2. The molecule has 0 bridgehead atoms. The van der Waals surface area contributed by atoms with Crippen LogP contribution in [-0.4, -0.2) is 122 Å².